The van der Waals surface area contributed by atoms with Gasteiger partial charge in [0.1, 0.15) is 5.75 Å². The van der Waals surface area contributed by atoms with E-state index >= 15 is 0 Å². The molecule has 0 saturated carbocycles. The predicted octanol–water partition coefficient (Wildman–Crippen LogP) is 1.90. The van der Waals surface area contributed by atoms with E-state index in [-0.39, 0.29) is 5.78 Å². The Hall–Kier alpha value is -2.36. The van der Waals surface area contributed by atoms with Gasteiger partial charge in [0.15, 0.2) is 5.78 Å². The molecule has 0 aliphatic carbocycles. The Labute approximate surface area is 99.1 Å². The van der Waals surface area contributed by atoms with E-state index in [0.29, 0.717) is 22.6 Å². The van der Waals surface area contributed by atoms with Crippen LogP contribution >= 0.6 is 0 Å². The van der Waals surface area contributed by atoms with Gasteiger partial charge in [0.2, 0.25) is 0 Å². The van der Waals surface area contributed by atoms with E-state index < -0.39 is 0 Å². The molecule has 1 heterocycles. The lowest BCUT2D eigenvalue weighted by Crippen LogP contribution is -2.05. The number of methoxy groups -OCH3 is 1. The summed E-state index contributed by atoms with van der Waals surface area (Å²) in [6.07, 6.45) is 3.14. The molecule has 0 fully saturated rings. The number of ether oxygens (including phenoxy) is 1. The van der Waals surface area contributed by atoms with Crippen LogP contribution in [0.1, 0.15) is 15.9 Å². The Balaban J connectivity index is 2.47. The average molecular weight is 228 g/mol. The molecule has 4 heteroatoms. The highest BCUT2D eigenvalue weighted by Crippen LogP contribution is 2.23. The minimum atomic E-state index is -0.151. The largest absolute Gasteiger partial charge is 0.496 e. The Kier molecular flexibility index (Phi) is 3.05. The second-order valence-electron chi connectivity index (χ2n) is 3.53. The van der Waals surface area contributed by atoms with Crippen molar-refractivity contribution in [3.63, 3.8) is 0 Å². The molecule has 0 bridgehead atoms. The van der Waals surface area contributed by atoms with Crippen LogP contribution in [0.15, 0.2) is 42.7 Å². The van der Waals surface area contributed by atoms with Gasteiger partial charge in [-0.3, -0.25) is 9.78 Å². The molecule has 2 rings (SSSR count). The van der Waals surface area contributed by atoms with Crippen molar-refractivity contribution >= 4 is 11.5 Å². The normalized spacial score (nSPS) is 9.94. The number of ketones is 1. The molecular weight excluding hydrogens is 216 g/mol. The Morgan fingerprint density at radius 3 is 2.82 bits per heavy atom. The summed E-state index contributed by atoms with van der Waals surface area (Å²) in [6.45, 7) is 0. The van der Waals surface area contributed by atoms with Crippen LogP contribution in [-0.2, 0) is 0 Å². The van der Waals surface area contributed by atoms with Gasteiger partial charge in [0, 0.05) is 23.6 Å². The molecule has 86 valence electrons. The molecule has 0 radical (unpaired) electrons. The highest BCUT2D eigenvalue weighted by molar-refractivity contribution is 6.11. The maximum Gasteiger partial charge on any atom is 0.198 e. The van der Waals surface area contributed by atoms with E-state index in [9.17, 15) is 4.79 Å². The van der Waals surface area contributed by atoms with E-state index in [4.69, 9.17) is 10.5 Å². The number of carbonyl (C=O) groups is 1. The maximum absolute atomic E-state index is 12.2. The number of hydrogen-bond acceptors (Lipinski definition) is 4. The standard InChI is InChI=1S/C13H12N2O2/c1-17-12-5-4-10(14)7-11(12)13(16)9-3-2-6-15-8-9/h2-8H,14H2,1H3. The van der Waals surface area contributed by atoms with Crippen molar-refractivity contribution in [2.45, 2.75) is 0 Å². The van der Waals surface area contributed by atoms with Gasteiger partial charge in [-0.25, -0.2) is 0 Å². The summed E-state index contributed by atoms with van der Waals surface area (Å²) in [6, 6.07) is 8.40. The lowest BCUT2D eigenvalue weighted by Gasteiger charge is -2.08. The van der Waals surface area contributed by atoms with Crippen molar-refractivity contribution in [1.82, 2.24) is 4.98 Å². The van der Waals surface area contributed by atoms with Crippen LogP contribution in [0, 0.1) is 0 Å². The van der Waals surface area contributed by atoms with Gasteiger partial charge in [0.05, 0.1) is 12.7 Å². The lowest BCUT2D eigenvalue weighted by atomic mass is 10.0. The lowest BCUT2D eigenvalue weighted by molar-refractivity contribution is 0.103. The SMILES string of the molecule is COc1ccc(N)cc1C(=O)c1cccnc1. The number of aromatic nitrogens is 1. The Morgan fingerprint density at radius 1 is 1.35 bits per heavy atom. The third-order valence-corrected chi connectivity index (χ3v) is 2.39. The molecule has 0 unspecified atom stereocenters. The van der Waals surface area contributed by atoms with Gasteiger partial charge in [-0.15, -0.1) is 0 Å². The van der Waals surface area contributed by atoms with E-state index in [1.807, 2.05) is 0 Å². The second kappa shape index (κ2) is 4.65. The van der Waals surface area contributed by atoms with Crippen molar-refractivity contribution in [2.75, 3.05) is 12.8 Å². The summed E-state index contributed by atoms with van der Waals surface area (Å²) < 4.78 is 5.15. The molecule has 17 heavy (non-hydrogen) atoms. The van der Waals surface area contributed by atoms with Crippen LogP contribution in [0.25, 0.3) is 0 Å². The summed E-state index contributed by atoms with van der Waals surface area (Å²) in [5.74, 6) is 0.357. The molecule has 0 aliphatic rings. The number of hydrogen-bond donors (Lipinski definition) is 1. The van der Waals surface area contributed by atoms with Crippen molar-refractivity contribution < 1.29 is 9.53 Å². The molecule has 0 spiro atoms. The van der Waals surface area contributed by atoms with Crippen LogP contribution in [-0.4, -0.2) is 17.9 Å². The van der Waals surface area contributed by atoms with Gasteiger partial charge in [-0.2, -0.15) is 0 Å². The molecule has 2 N–H and O–H groups in total. The Bertz CT molecular complexity index is 538. The molecule has 0 aliphatic heterocycles. The molecule has 1 aromatic heterocycles. The average Bonchev–Trinajstić information content (AvgIpc) is 2.39. The maximum atomic E-state index is 12.2. The monoisotopic (exact) mass is 228 g/mol. The topological polar surface area (TPSA) is 65.2 Å². The van der Waals surface area contributed by atoms with Crippen molar-refractivity contribution in [2.24, 2.45) is 0 Å². The fraction of sp³-hybridized carbons (Fsp3) is 0.0769. The first-order valence-electron chi connectivity index (χ1n) is 5.10. The predicted molar refractivity (Wildman–Crippen MR) is 65.1 cm³/mol. The third-order valence-electron chi connectivity index (χ3n) is 2.39. The minimum Gasteiger partial charge on any atom is -0.496 e. The molecule has 0 amide bonds. The van der Waals surface area contributed by atoms with Crippen molar-refractivity contribution in [3.8, 4) is 5.75 Å². The number of nitrogen functional groups attached to an aromatic ring is 1. The van der Waals surface area contributed by atoms with Gasteiger partial charge in [-0.05, 0) is 30.3 Å². The van der Waals surface area contributed by atoms with Crippen molar-refractivity contribution in [3.05, 3.63) is 53.9 Å². The van der Waals surface area contributed by atoms with Gasteiger partial charge >= 0.3 is 0 Å². The van der Waals surface area contributed by atoms with E-state index in [2.05, 4.69) is 4.98 Å². The Morgan fingerprint density at radius 2 is 2.18 bits per heavy atom. The number of anilines is 1. The summed E-state index contributed by atoms with van der Waals surface area (Å²) >= 11 is 0. The van der Waals surface area contributed by atoms with Gasteiger partial charge < -0.3 is 10.5 Å². The van der Waals surface area contributed by atoms with E-state index in [0.717, 1.165) is 0 Å². The van der Waals surface area contributed by atoms with E-state index in [1.165, 1.54) is 13.3 Å². The molecule has 2 aromatic rings. The smallest absolute Gasteiger partial charge is 0.198 e. The summed E-state index contributed by atoms with van der Waals surface area (Å²) in [4.78, 5) is 16.1. The summed E-state index contributed by atoms with van der Waals surface area (Å²) in [5.41, 5.74) is 7.16. The molecule has 1 aromatic carbocycles. The first-order chi connectivity index (χ1) is 8.22. The van der Waals surface area contributed by atoms with Crippen LogP contribution in [0.4, 0.5) is 5.69 Å². The summed E-state index contributed by atoms with van der Waals surface area (Å²) in [5, 5.41) is 0. The van der Waals surface area contributed by atoms with E-state index in [1.54, 1.807) is 36.5 Å². The van der Waals surface area contributed by atoms with Crippen LogP contribution in [0.3, 0.4) is 0 Å². The zero-order valence-electron chi connectivity index (χ0n) is 9.38. The zero-order valence-corrected chi connectivity index (χ0v) is 9.38. The quantitative estimate of drug-likeness (QED) is 0.643. The second-order valence-corrected chi connectivity index (χ2v) is 3.53. The zero-order chi connectivity index (χ0) is 12.3. The summed E-state index contributed by atoms with van der Waals surface area (Å²) in [7, 11) is 1.52. The van der Waals surface area contributed by atoms with Gasteiger partial charge in [0.25, 0.3) is 0 Å². The number of carbonyl (C=O) groups excluding carboxylic acids is 1. The molecule has 0 atom stereocenters. The molecule has 4 nitrogen and oxygen atoms in total. The number of rotatable bonds is 3. The first-order valence-corrected chi connectivity index (χ1v) is 5.10. The number of nitrogens with two attached hydrogens (primary N) is 1. The van der Waals surface area contributed by atoms with Gasteiger partial charge in [-0.1, -0.05) is 0 Å². The third kappa shape index (κ3) is 2.25. The number of benzene rings is 1. The molecule has 0 saturated heterocycles. The fourth-order valence-electron chi connectivity index (χ4n) is 1.56. The highest BCUT2D eigenvalue weighted by atomic mass is 16.5. The minimum absolute atomic E-state index is 0.151. The molecular formula is C13H12N2O2. The van der Waals surface area contributed by atoms with Crippen LogP contribution < -0.4 is 10.5 Å². The van der Waals surface area contributed by atoms with Crippen molar-refractivity contribution in [1.29, 1.82) is 0 Å². The van der Waals surface area contributed by atoms with Crippen LogP contribution in [0.2, 0.25) is 0 Å². The first kappa shape index (κ1) is 11.1. The number of nitrogens with zero attached hydrogens (tertiary/aromatic N) is 1. The fourth-order valence-corrected chi connectivity index (χ4v) is 1.56. The van der Waals surface area contributed by atoms with Crippen LogP contribution in [0.5, 0.6) is 5.75 Å². The number of pyridine rings is 1. The highest BCUT2D eigenvalue weighted by Gasteiger charge is 2.14.